The van der Waals surface area contributed by atoms with Gasteiger partial charge in [0.05, 0.1) is 12.7 Å². The molecular formula is C19H14O3. The fourth-order valence-corrected chi connectivity index (χ4v) is 2.31. The van der Waals surface area contributed by atoms with Crippen molar-refractivity contribution in [3.63, 3.8) is 0 Å². The van der Waals surface area contributed by atoms with Crippen LogP contribution in [0.3, 0.4) is 0 Å². The SMILES string of the molecule is C=C=Cc1ccc2cc(-c3ccc(OC)cc3)c(=O)oc2c1. The van der Waals surface area contributed by atoms with Crippen LogP contribution in [0.4, 0.5) is 0 Å². The average Bonchev–Trinajstić information content (AvgIpc) is 2.54. The minimum atomic E-state index is -0.364. The summed E-state index contributed by atoms with van der Waals surface area (Å²) >= 11 is 0. The third kappa shape index (κ3) is 2.58. The molecule has 2 aromatic carbocycles. The van der Waals surface area contributed by atoms with E-state index in [1.54, 1.807) is 19.3 Å². The molecular weight excluding hydrogens is 276 g/mol. The van der Waals surface area contributed by atoms with Crippen LogP contribution in [0.5, 0.6) is 5.75 Å². The van der Waals surface area contributed by atoms with Crippen LogP contribution < -0.4 is 10.4 Å². The van der Waals surface area contributed by atoms with Crippen molar-refractivity contribution in [3.05, 3.63) is 76.8 Å². The van der Waals surface area contributed by atoms with Crippen LogP contribution in [-0.4, -0.2) is 7.11 Å². The molecule has 3 nitrogen and oxygen atoms in total. The summed E-state index contributed by atoms with van der Waals surface area (Å²) in [5.41, 5.74) is 5.11. The summed E-state index contributed by atoms with van der Waals surface area (Å²) < 4.78 is 10.6. The maximum Gasteiger partial charge on any atom is 0.344 e. The highest BCUT2D eigenvalue weighted by atomic mass is 16.5. The molecule has 0 amide bonds. The van der Waals surface area contributed by atoms with Crippen molar-refractivity contribution in [2.75, 3.05) is 7.11 Å². The van der Waals surface area contributed by atoms with Crippen molar-refractivity contribution in [3.8, 4) is 16.9 Å². The largest absolute Gasteiger partial charge is 0.497 e. The van der Waals surface area contributed by atoms with E-state index >= 15 is 0 Å². The van der Waals surface area contributed by atoms with E-state index in [4.69, 9.17) is 9.15 Å². The molecule has 0 N–H and O–H groups in total. The van der Waals surface area contributed by atoms with Crippen molar-refractivity contribution in [2.45, 2.75) is 0 Å². The Balaban J connectivity index is 2.14. The molecule has 0 radical (unpaired) electrons. The number of methoxy groups -OCH3 is 1. The Morgan fingerprint density at radius 3 is 2.59 bits per heavy atom. The fourth-order valence-electron chi connectivity index (χ4n) is 2.31. The van der Waals surface area contributed by atoms with Gasteiger partial charge in [-0.25, -0.2) is 4.79 Å². The van der Waals surface area contributed by atoms with Crippen molar-refractivity contribution in [2.24, 2.45) is 0 Å². The highest BCUT2D eigenvalue weighted by Gasteiger charge is 2.08. The predicted molar refractivity (Wildman–Crippen MR) is 88.1 cm³/mol. The first kappa shape index (κ1) is 13.9. The first-order valence-corrected chi connectivity index (χ1v) is 6.79. The molecule has 1 aromatic heterocycles. The van der Waals surface area contributed by atoms with Gasteiger partial charge in [-0.1, -0.05) is 30.8 Å². The molecule has 0 aliphatic heterocycles. The molecule has 22 heavy (non-hydrogen) atoms. The van der Waals surface area contributed by atoms with Gasteiger partial charge in [0.1, 0.15) is 11.3 Å². The predicted octanol–water partition coefficient (Wildman–Crippen LogP) is 4.27. The second kappa shape index (κ2) is 5.76. The zero-order chi connectivity index (χ0) is 15.5. The van der Waals surface area contributed by atoms with Gasteiger partial charge in [0.15, 0.2) is 0 Å². The van der Waals surface area contributed by atoms with Gasteiger partial charge < -0.3 is 9.15 Å². The van der Waals surface area contributed by atoms with Gasteiger partial charge >= 0.3 is 5.63 Å². The van der Waals surface area contributed by atoms with Gasteiger partial charge in [-0.3, -0.25) is 0 Å². The summed E-state index contributed by atoms with van der Waals surface area (Å²) in [5.74, 6) is 0.745. The molecule has 0 fully saturated rings. The standard InChI is InChI=1S/C19H14O3/c1-3-4-13-5-6-15-12-17(19(20)22-18(15)11-13)14-7-9-16(21-2)10-8-14/h4-12H,1H2,2H3. The Bertz CT molecular complexity index is 927. The Labute approximate surface area is 127 Å². The molecule has 1 heterocycles. The van der Waals surface area contributed by atoms with Crippen molar-refractivity contribution < 1.29 is 9.15 Å². The van der Waals surface area contributed by atoms with E-state index in [9.17, 15) is 4.79 Å². The van der Waals surface area contributed by atoms with Gasteiger partial charge in [0.2, 0.25) is 0 Å². The summed E-state index contributed by atoms with van der Waals surface area (Å²) in [5, 5.41) is 0.867. The molecule has 0 saturated heterocycles. The van der Waals surface area contributed by atoms with E-state index < -0.39 is 0 Å². The summed E-state index contributed by atoms with van der Waals surface area (Å²) in [7, 11) is 1.61. The van der Waals surface area contributed by atoms with Crippen LogP contribution in [0.25, 0.3) is 28.2 Å². The molecule has 3 heteroatoms. The minimum Gasteiger partial charge on any atom is -0.497 e. The third-order valence-corrected chi connectivity index (χ3v) is 3.43. The van der Waals surface area contributed by atoms with Crippen LogP contribution >= 0.6 is 0 Å². The Kier molecular flexibility index (Phi) is 3.65. The lowest BCUT2D eigenvalue weighted by molar-refractivity contribution is 0.415. The van der Waals surface area contributed by atoms with E-state index in [-0.39, 0.29) is 5.63 Å². The maximum atomic E-state index is 12.2. The summed E-state index contributed by atoms with van der Waals surface area (Å²) in [6.07, 6.45) is 1.73. The molecule has 0 unspecified atom stereocenters. The number of rotatable bonds is 3. The average molecular weight is 290 g/mol. The first-order valence-electron chi connectivity index (χ1n) is 6.79. The first-order chi connectivity index (χ1) is 10.7. The van der Waals surface area contributed by atoms with Gasteiger partial charge in [-0.2, -0.15) is 0 Å². The number of hydrogen-bond acceptors (Lipinski definition) is 3. The van der Waals surface area contributed by atoms with Crippen LogP contribution in [0, 0.1) is 0 Å². The van der Waals surface area contributed by atoms with Gasteiger partial charge in [0, 0.05) is 5.39 Å². The van der Waals surface area contributed by atoms with Gasteiger partial charge in [-0.15, -0.1) is 5.73 Å². The number of hydrogen-bond donors (Lipinski definition) is 0. The van der Waals surface area contributed by atoms with Crippen molar-refractivity contribution >= 4 is 17.0 Å². The van der Waals surface area contributed by atoms with Crippen molar-refractivity contribution in [1.82, 2.24) is 0 Å². The normalized spacial score (nSPS) is 10.2. The van der Waals surface area contributed by atoms with E-state index in [1.165, 1.54) is 0 Å². The monoisotopic (exact) mass is 290 g/mol. The molecule has 108 valence electrons. The van der Waals surface area contributed by atoms with E-state index in [0.717, 1.165) is 22.3 Å². The number of fused-ring (bicyclic) bond motifs is 1. The molecule has 0 aliphatic rings. The van der Waals surface area contributed by atoms with Crippen LogP contribution in [0.2, 0.25) is 0 Å². The highest BCUT2D eigenvalue weighted by molar-refractivity contribution is 5.83. The second-order valence-corrected chi connectivity index (χ2v) is 4.82. The smallest absolute Gasteiger partial charge is 0.344 e. The summed E-state index contributed by atoms with van der Waals surface area (Å²) in [4.78, 5) is 12.2. The van der Waals surface area contributed by atoms with E-state index in [1.807, 2.05) is 42.5 Å². The lowest BCUT2D eigenvalue weighted by Crippen LogP contribution is -2.02. The topological polar surface area (TPSA) is 39.4 Å². The molecule has 0 saturated carbocycles. The fraction of sp³-hybridized carbons (Fsp3) is 0.0526. The van der Waals surface area contributed by atoms with E-state index in [0.29, 0.717) is 11.1 Å². The summed E-state index contributed by atoms with van der Waals surface area (Å²) in [6.45, 7) is 3.54. The quantitative estimate of drug-likeness (QED) is 0.534. The molecule has 3 aromatic rings. The van der Waals surface area contributed by atoms with Crippen LogP contribution in [-0.2, 0) is 0 Å². The minimum absolute atomic E-state index is 0.364. The summed E-state index contributed by atoms with van der Waals surface area (Å²) in [6, 6.07) is 14.8. The second-order valence-electron chi connectivity index (χ2n) is 4.82. The highest BCUT2D eigenvalue weighted by Crippen LogP contribution is 2.24. The number of ether oxygens (including phenoxy) is 1. The van der Waals surface area contributed by atoms with Crippen molar-refractivity contribution in [1.29, 1.82) is 0 Å². The lowest BCUT2D eigenvalue weighted by Gasteiger charge is -2.04. The Hall–Kier alpha value is -3.03. The van der Waals surface area contributed by atoms with E-state index in [2.05, 4.69) is 12.3 Å². The number of benzene rings is 2. The molecule has 3 rings (SSSR count). The van der Waals surface area contributed by atoms with Crippen LogP contribution in [0.15, 0.2) is 70.1 Å². The third-order valence-electron chi connectivity index (χ3n) is 3.43. The Morgan fingerprint density at radius 2 is 1.91 bits per heavy atom. The molecule has 0 bridgehead atoms. The van der Waals surface area contributed by atoms with Gasteiger partial charge in [-0.05, 0) is 41.5 Å². The van der Waals surface area contributed by atoms with Gasteiger partial charge in [0.25, 0.3) is 0 Å². The Morgan fingerprint density at radius 1 is 1.14 bits per heavy atom. The molecule has 0 aliphatic carbocycles. The lowest BCUT2D eigenvalue weighted by atomic mass is 10.0. The zero-order valence-corrected chi connectivity index (χ0v) is 12.1. The maximum absolute atomic E-state index is 12.2. The molecule has 0 spiro atoms. The molecule has 0 atom stereocenters. The van der Waals surface area contributed by atoms with Crippen LogP contribution in [0.1, 0.15) is 5.56 Å². The zero-order valence-electron chi connectivity index (χ0n) is 12.1.